The highest BCUT2D eigenvalue weighted by molar-refractivity contribution is 6.12. The quantitative estimate of drug-likeness (QED) is 0.632. The van der Waals surface area contributed by atoms with Gasteiger partial charge in [-0.2, -0.15) is 0 Å². The molecule has 114 valence electrons. The number of hydrogen-bond donors (Lipinski definition) is 0. The summed E-state index contributed by atoms with van der Waals surface area (Å²) in [6, 6.07) is 0. The molecule has 0 fully saturated rings. The molecule has 0 radical (unpaired) electrons. The van der Waals surface area contributed by atoms with Gasteiger partial charge in [-0.05, 0) is 40.3 Å². The molecule has 20 heavy (non-hydrogen) atoms. The lowest BCUT2D eigenvalue weighted by molar-refractivity contribution is -0.136. The minimum absolute atomic E-state index is 0.112. The number of rotatable bonds is 8. The fourth-order valence-electron chi connectivity index (χ4n) is 2.01. The molecule has 1 aliphatic rings. The van der Waals surface area contributed by atoms with Crippen LogP contribution in [0.25, 0.3) is 0 Å². The van der Waals surface area contributed by atoms with E-state index in [0.29, 0.717) is 13.2 Å². The van der Waals surface area contributed by atoms with Gasteiger partial charge in [-0.3, -0.25) is 14.5 Å². The molecule has 1 heterocycles. The van der Waals surface area contributed by atoms with E-state index in [1.165, 1.54) is 17.1 Å². The molecule has 0 bridgehead atoms. The topological polar surface area (TPSA) is 49.9 Å². The highest BCUT2D eigenvalue weighted by Gasteiger charge is 2.22. The van der Waals surface area contributed by atoms with Crippen LogP contribution in [0, 0.1) is 0 Å². The number of imide groups is 1. The first-order chi connectivity index (χ1) is 9.33. The molecule has 0 unspecified atom stereocenters. The SMILES string of the molecule is CCN(CCCN1C(=O)C=CC1=O)CCOC(C)(C)C. The Morgan fingerprint density at radius 1 is 1.15 bits per heavy atom. The van der Waals surface area contributed by atoms with Crippen LogP contribution in [0.4, 0.5) is 0 Å². The van der Waals surface area contributed by atoms with E-state index in [9.17, 15) is 9.59 Å². The molecule has 5 nitrogen and oxygen atoms in total. The summed E-state index contributed by atoms with van der Waals surface area (Å²) < 4.78 is 5.71. The number of carbonyl (C=O) groups is 2. The maximum absolute atomic E-state index is 11.4. The van der Waals surface area contributed by atoms with Crippen LogP contribution >= 0.6 is 0 Å². The third kappa shape index (κ3) is 5.84. The van der Waals surface area contributed by atoms with Gasteiger partial charge in [-0.25, -0.2) is 0 Å². The van der Waals surface area contributed by atoms with E-state index in [2.05, 4.69) is 11.8 Å². The normalized spacial score (nSPS) is 15.8. The summed E-state index contributed by atoms with van der Waals surface area (Å²) in [6.07, 6.45) is 3.46. The Bertz CT molecular complexity index is 354. The van der Waals surface area contributed by atoms with Crippen molar-refractivity contribution in [2.24, 2.45) is 0 Å². The third-order valence-corrected chi connectivity index (χ3v) is 3.15. The highest BCUT2D eigenvalue weighted by atomic mass is 16.5. The molecule has 1 rings (SSSR count). The van der Waals surface area contributed by atoms with Crippen LogP contribution in [0.5, 0.6) is 0 Å². The molecule has 0 spiro atoms. The first-order valence-corrected chi connectivity index (χ1v) is 7.23. The lowest BCUT2D eigenvalue weighted by atomic mass is 10.2. The second kappa shape index (κ2) is 7.55. The Labute approximate surface area is 121 Å². The van der Waals surface area contributed by atoms with Gasteiger partial charge < -0.3 is 9.64 Å². The summed E-state index contributed by atoms with van der Waals surface area (Å²) in [7, 11) is 0. The van der Waals surface area contributed by atoms with Crippen LogP contribution in [0.15, 0.2) is 12.2 Å². The summed E-state index contributed by atoms with van der Waals surface area (Å²) >= 11 is 0. The Morgan fingerprint density at radius 2 is 1.75 bits per heavy atom. The molecule has 0 aromatic rings. The number of amides is 2. The van der Waals surface area contributed by atoms with Gasteiger partial charge in [0.15, 0.2) is 0 Å². The van der Waals surface area contributed by atoms with E-state index in [1.54, 1.807) is 0 Å². The zero-order valence-electron chi connectivity index (χ0n) is 13.0. The average molecular weight is 282 g/mol. The van der Waals surface area contributed by atoms with Gasteiger partial charge in [-0.1, -0.05) is 6.92 Å². The Hall–Kier alpha value is -1.20. The zero-order valence-corrected chi connectivity index (χ0v) is 13.0. The smallest absolute Gasteiger partial charge is 0.253 e. The molecular formula is C15H26N2O3. The van der Waals surface area contributed by atoms with Gasteiger partial charge in [-0.15, -0.1) is 0 Å². The molecule has 0 saturated heterocycles. The van der Waals surface area contributed by atoms with Gasteiger partial charge in [0, 0.05) is 25.2 Å². The van der Waals surface area contributed by atoms with Crippen LogP contribution in [0.3, 0.4) is 0 Å². The van der Waals surface area contributed by atoms with Crippen molar-refractivity contribution in [1.29, 1.82) is 0 Å². The monoisotopic (exact) mass is 282 g/mol. The lowest BCUT2D eigenvalue weighted by Gasteiger charge is -2.25. The number of hydrogen-bond acceptors (Lipinski definition) is 4. The molecule has 2 amide bonds. The summed E-state index contributed by atoms with van der Waals surface area (Å²) in [4.78, 5) is 26.4. The standard InChI is InChI=1S/C15H26N2O3/c1-5-16(11-12-20-15(2,3)4)9-6-10-17-13(18)7-8-14(17)19/h7-8H,5-6,9-12H2,1-4H3. The van der Waals surface area contributed by atoms with E-state index >= 15 is 0 Å². The molecule has 0 aromatic carbocycles. The summed E-state index contributed by atoms with van der Waals surface area (Å²) in [5.41, 5.74) is -0.112. The van der Waals surface area contributed by atoms with E-state index in [-0.39, 0.29) is 17.4 Å². The Morgan fingerprint density at radius 3 is 2.25 bits per heavy atom. The van der Waals surface area contributed by atoms with E-state index in [1.807, 2.05) is 20.8 Å². The first kappa shape index (κ1) is 16.9. The van der Waals surface area contributed by atoms with E-state index < -0.39 is 0 Å². The van der Waals surface area contributed by atoms with Crippen molar-refractivity contribution in [2.45, 2.75) is 39.7 Å². The van der Waals surface area contributed by atoms with Crippen LogP contribution in [0.2, 0.25) is 0 Å². The minimum atomic E-state index is -0.200. The summed E-state index contributed by atoms with van der Waals surface area (Å²) in [5, 5.41) is 0. The second-order valence-electron chi connectivity index (χ2n) is 5.91. The van der Waals surface area contributed by atoms with Crippen LogP contribution in [0.1, 0.15) is 34.1 Å². The van der Waals surface area contributed by atoms with Crippen LogP contribution < -0.4 is 0 Å². The number of nitrogens with zero attached hydrogens (tertiary/aromatic N) is 2. The van der Waals surface area contributed by atoms with Crippen LogP contribution in [-0.2, 0) is 14.3 Å². The largest absolute Gasteiger partial charge is 0.375 e. The van der Waals surface area contributed by atoms with Gasteiger partial charge >= 0.3 is 0 Å². The third-order valence-electron chi connectivity index (χ3n) is 3.15. The predicted octanol–water partition coefficient (Wildman–Crippen LogP) is 1.44. The molecule has 1 aliphatic heterocycles. The van der Waals surface area contributed by atoms with Crippen molar-refractivity contribution in [2.75, 3.05) is 32.8 Å². The molecular weight excluding hydrogens is 256 g/mol. The number of carbonyl (C=O) groups excluding carboxylic acids is 2. The van der Waals surface area contributed by atoms with Crippen LogP contribution in [-0.4, -0.2) is 60.0 Å². The first-order valence-electron chi connectivity index (χ1n) is 7.23. The average Bonchev–Trinajstić information content (AvgIpc) is 2.67. The lowest BCUT2D eigenvalue weighted by Crippen LogP contribution is -2.35. The number of ether oxygens (including phenoxy) is 1. The van der Waals surface area contributed by atoms with Gasteiger partial charge in [0.05, 0.1) is 12.2 Å². The maximum atomic E-state index is 11.4. The van der Waals surface area contributed by atoms with Crippen molar-refractivity contribution in [3.63, 3.8) is 0 Å². The molecule has 0 N–H and O–H groups in total. The second-order valence-corrected chi connectivity index (χ2v) is 5.91. The summed E-state index contributed by atoms with van der Waals surface area (Å²) in [6.45, 7) is 12.1. The van der Waals surface area contributed by atoms with Crippen molar-refractivity contribution < 1.29 is 14.3 Å². The van der Waals surface area contributed by atoms with Crippen molar-refractivity contribution in [1.82, 2.24) is 9.80 Å². The fraction of sp³-hybridized carbons (Fsp3) is 0.733. The highest BCUT2D eigenvalue weighted by Crippen LogP contribution is 2.07. The Kier molecular flexibility index (Phi) is 6.36. The van der Waals surface area contributed by atoms with Gasteiger partial charge in [0.1, 0.15) is 0 Å². The minimum Gasteiger partial charge on any atom is -0.375 e. The van der Waals surface area contributed by atoms with Crippen molar-refractivity contribution >= 4 is 11.8 Å². The molecule has 0 saturated carbocycles. The molecule has 0 atom stereocenters. The zero-order chi connectivity index (χ0) is 15.2. The Balaban J connectivity index is 2.21. The van der Waals surface area contributed by atoms with Crippen molar-refractivity contribution in [3.8, 4) is 0 Å². The summed E-state index contributed by atoms with van der Waals surface area (Å²) in [5.74, 6) is -0.400. The fourth-order valence-corrected chi connectivity index (χ4v) is 2.01. The van der Waals surface area contributed by atoms with Gasteiger partial charge in [0.2, 0.25) is 0 Å². The molecule has 0 aromatic heterocycles. The molecule has 0 aliphatic carbocycles. The number of likely N-dealkylation sites (N-methyl/N-ethyl adjacent to an activating group) is 1. The maximum Gasteiger partial charge on any atom is 0.253 e. The van der Waals surface area contributed by atoms with E-state index in [0.717, 1.165) is 26.1 Å². The van der Waals surface area contributed by atoms with Gasteiger partial charge in [0.25, 0.3) is 11.8 Å². The predicted molar refractivity (Wildman–Crippen MR) is 78.3 cm³/mol. The van der Waals surface area contributed by atoms with E-state index in [4.69, 9.17) is 4.74 Å². The molecule has 5 heteroatoms. The van der Waals surface area contributed by atoms with Crippen molar-refractivity contribution in [3.05, 3.63) is 12.2 Å².